The molecule has 1 N–H and O–H groups in total. The van der Waals surface area contributed by atoms with Crippen LogP contribution in [0.5, 0.6) is 0 Å². The summed E-state index contributed by atoms with van der Waals surface area (Å²) >= 11 is 0. The second kappa shape index (κ2) is 6.57. The van der Waals surface area contributed by atoms with Crippen LogP contribution in [0.15, 0.2) is 0 Å². The summed E-state index contributed by atoms with van der Waals surface area (Å²) in [6.45, 7) is 3.76. The molecule has 10 heavy (non-hydrogen) atoms. The molecular formula is C6H11AcNO2-2. The Balaban J connectivity index is 0. The molecule has 1 unspecified atom stereocenters. The zero-order chi connectivity index (χ0) is 7.44. The molecule has 0 aromatic rings. The molecule has 0 saturated carbocycles. The number of carbonyl (C=O) groups is 1. The van der Waals surface area contributed by atoms with Gasteiger partial charge >= 0.3 is 0 Å². The Morgan fingerprint density at radius 3 is 2.10 bits per heavy atom. The van der Waals surface area contributed by atoms with E-state index in [4.69, 9.17) is 5.73 Å². The van der Waals surface area contributed by atoms with Crippen LogP contribution in [-0.2, 0) is 4.79 Å². The van der Waals surface area contributed by atoms with Crippen LogP contribution in [0.4, 0.5) is 0 Å². The van der Waals surface area contributed by atoms with E-state index in [-0.39, 0.29) is 50.0 Å². The van der Waals surface area contributed by atoms with E-state index in [2.05, 4.69) is 0 Å². The monoisotopic (exact) mass is 356 g/mol. The first kappa shape index (κ1) is 13.5. The van der Waals surface area contributed by atoms with Crippen molar-refractivity contribution in [2.75, 3.05) is 0 Å². The minimum absolute atomic E-state index is 0. The third-order valence-electron chi connectivity index (χ3n) is 0.992. The van der Waals surface area contributed by atoms with Gasteiger partial charge in [-0.1, -0.05) is 26.3 Å². The van der Waals surface area contributed by atoms with Crippen LogP contribution in [0, 0.1) is 50.0 Å². The van der Waals surface area contributed by atoms with Crippen molar-refractivity contribution < 1.29 is 54.0 Å². The van der Waals surface area contributed by atoms with Crippen molar-refractivity contribution in [1.82, 2.24) is 0 Å². The summed E-state index contributed by atoms with van der Waals surface area (Å²) in [7, 11) is 0. The van der Waals surface area contributed by atoms with Gasteiger partial charge in [-0.15, -0.1) is 0 Å². The van der Waals surface area contributed by atoms with E-state index >= 15 is 0 Å². The number of carboxylic acid groups (broad SMARTS) is 1. The summed E-state index contributed by atoms with van der Waals surface area (Å²) in [5.74, 6) is -1.02. The van der Waals surface area contributed by atoms with Gasteiger partial charge < -0.3 is 15.6 Å². The predicted molar refractivity (Wildman–Crippen MR) is 32.6 cm³/mol. The molecule has 0 aliphatic carbocycles. The number of hydrogen-bond acceptors (Lipinski definition) is 2. The van der Waals surface area contributed by atoms with Gasteiger partial charge in [-0.05, 0) is 5.92 Å². The van der Waals surface area contributed by atoms with Crippen LogP contribution in [0.2, 0.25) is 0 Å². The number of carbonyl (C=O) groups excluding carboxylic acids is 1. The first-order chi connectivity index (χ1) is 4.04. The van der Waals surface area contributed by atoms with Crippen molar-refractivity contribution in [2.45, 2.75) is 26.3 Å². The zero-order valence-electron chi connectivity index (χ0n) is 6.26. The fourth-order valence-corrected chi connectivity index (χ4v) is 0.568. The van der Waals surface area contributed by atoms with E-state index in [1.165, 1.54) is 0 Å². The van der Waals surface area contributed by atoms with Gasteiger partial charge in [0.2, 0.25) is 0 Å². The fourth-order valence-electron chi connectivity index (χ4n) is 0.568. The maximum Gasteiger partial charge on any atom is 0.0237 e. The molecule has 1 radical (unpaired) electrons. The van der Waals surface area contributed by atoms with E-state index < -0.39 is 12.0 Å². The van der Waals surface area contributed by atoms with Crippen LogP contribution >= 0.6 is 0 Å². The molecule has 0 bridgehead atoms. The summed E-state index contributed by atoms with van der Waals surface area (Å²) in [6.07, 6.45) is 0.377. The molecule has 0 fully saturated rings. The Labute approximate surface area is 96.9 Å². The molecule has 0 saturated heterocycles. The summed E-state index contributed by atoms with van der Waals surface area (Å²) in [5, 5.41) is 9.94. The summed E-state index contributed by atoms with van der Waals surface area (Å²) in [6, 6.07) is -1.05. The standard InChI is InChI=1S/C6H12NO2.Ac/c1-4(2)3-5(7)6(8)9;/h4-5,7H,3H2,1-2H3,(H,8,9);/q-1;/p-1. The molecule has 0 rings (SSSR count). The first-order valence-electron chi connectivity index (χ1n) is 2.96. The average molecular weight is 356 g/mol. The van der Waals surface area contributed by atoms with Gasteiger partial charge in [0.25, 0.3) is 0 Å². The molecule has 0 aromatic carbocycles. The number of aliphatic carboxylic acids is 1. The largest absolute Gasteiger partial charge is 0.670 e. The third-order valence-corrected chi connectivity index (χ3v) is 0.992. The first-order valence-corrected chi connectivity index (χ1v) is 2.96. The van der Waals surface area contributed by atoms with Crippen molar-refractivity contribution in [1.29, 1.82) is 0 Å². The van der Waals surface area contributed by atoms with E-state index in [9.17, 15) is 9.90 Å². The van der Waals surface area contributed by atoms with E-state index in [0.29, 0.717) is 6.42 Å². The fraction of sp³-hybridized carbons (Fsp3) is 0.833. The smallest absolute Gasteiger partial charge is 0.0237 e. The molecule has 0 aliphatic heterocycles. The Bertz CT molecular complexity index is 106. The number of nitrogens with one attached hydrogen (secondary N) is 1. The van der Waals surface area contributed by atoms with Crippen molar-refractivity contribution in [2.24, 2.45) is 5.92 Å². The van der Waals surface area contributed by atoms with Gasteiger partial charge in [0.05, 0.1) is 0 Å². The van der Waals surface area contributed by atoms with Crippen molar-refractivity contribution in [3.05, 3.63) is 5.73 Å². The van der Waals surface area contributed by atoms with E-state index in [1.54, 1.807) is 0 Å². The Morgan fingerprint density at radius 2 is 2.00 bits per heavy atom. The minimum Gasteiger partial charge on any atom is -0.670 e. The summed E-state index contributed by atoms with van der Waals surface area (Å²) in [4.78, 5) is 9.94. The topological polar surface area (TPSA) is 63.9 Å². The quantitative estimate of drug-likeness (QED) is 0.726. The van der Waals surface area contributed by atoms with Crippen LogP contribution in [0.1, 0.15) is 20.3 Å². The van der Waals surface area contributed by atoms with Crippen molar-refractivity contribution >= 4 is 5.97 Å². The normalized spacial score (nSPS) is 12.4. The van der Waals surface area contributed by atoms with Gasteiger partial charge in [-0.25, -0.2) is 0 Å². The molecule has 0 aliphatic rings. The number of carboxylic acids is 1. The molecule has 0 heterocycles. The second-order valence-corrected chi connectivity index (χ2v) is 2.50. The average Bonchev–Trinajstić information content (AvgIpc) is 1.63. The Morgan fingerprint density at radius 1 is 1.60 bits per heavy atom. The van der Waals surface area contributed by atoms with Gasteiger partial charge in [0.15, 0.2) is 0 Å². The van der Waals surface area contributed by atoms with E-state index in [0.717, 1.165) is 0 Å². The van der Waals surface area contributed by atoms with Gasteiger partial charge in [-0.2, -0.15) is 0 Å². The minimum atomic E-state index is -1.27. The Kier molecular flexibility index (Phi) is 8.85. The Hall–Kier alpha value is 0.872. The van der Waals surface area contributed by atoms with Crippen LogP contribution in [0.25, 0.3) is 5.73 Å². The molecule has 3 nitrogen and oxygen atoms in total. The molecule has 0 amide bonds. The van der Waals surface area contributed by atoms with Crippen LogP contribution in [-0.4, -0.2) is 12.0 Å². The van der Waals surface area contributed by atoms with Crippen LogP contribution in [0.3, 0.4) is 0 Å². The SMILES string of the molecule is CC(C)CC([NH-])C(=O)[O-].[Ac]. The van der Waals surface area contributed by atoms with E-state index in [1.807, 2.05) is 13.8 Å². The molecule has 0 spiro atoms. The number of hydrogen-bond donors (Lipinski definition) is 0. The second-order valence-electron chi connectivity index (χ2n) is 2.50. The van der Waals surface area contributed by atoms with Gasteiger partial charge in [0.1, 0.15) is 0 Å². The van der Waals surface area contributed by atoms with Crippen LogP contribution < -0.4 is 5.11 Å². The molecular weight excluding hydrogens is 345 g/mol. The maximum atomic E-state index is 9.94. The molecule has 57 valence electrons. The summed E-state index contributed by atoms with van der Waals surface area (Å²) < 4.78 is 0. The maximum absolute atomic E-state index is 9.94. The molecule has 4 heteroatoms. The van der Waals surface area contributed by atoms with Crippen molar-refractivity contribution in [3.63, 3.8) is 0 Å². The summed E-state index contributed by atoms with van der Waals surface area (Å²) in [5.41, 5.74) is 6.90. The molecule has 0 aromatic heterocycles. The van der Waals surface area contributed by atoms with Gasteiger partial charge in [-0.3, -0.25) is 0 Å². The predicted octanol–water partition coefficient (Wildman–Crippen LogP) is 0.203. The van der Waals surface area contributed by atoms with Crippen molar-refractivity contribution in [3.8, 4) is 0 Å². The molecule has 1 atom stereocenters. The third kappa shape index (κ3) is 6.98. The number of rotatable bonds is 3. The zero-order valence-corrected chi connectivity index (χ0v) is 11.0. The van der Waals surface area contributed by atoms with Gasteiger partial charge in [0, 0.05) is 50.0 Å².